The Balaban J connectivity index is -0.000000747. The van der Waals surface area contributed by atoms with E-state index < -0.39 is 23.9 Å². The van der Waals surface area contributed by atoms with Crippen LogP contribution in [0, 0.1) is 34.5 Å². The molecule has 0 spiro atoms. The summed E-state index contributed by atoms with van der Waals surface area (Å²) in [6.45, 7) is 41.4. The number of quaternary nitrogens is 9. The van der Waals surface area contributed by atoms with E-state index in [1.54, 1.807) is 56.3 Å². The van der Waals surface area contributed by atoms with Gasteiger partial charge in [-0.2, -0.15) is 0 Å². The van der Waals surface area contributed by atoms with E-state index in [0.717, 1.165) is 161 Å². The highest BCUT2D eigenvalue weighted by Gasteiger charge is 2.55. The zero-order valence-electron chi connectivity index (χ0n) is 93.3. The minimum absolute atomic E-state index is 0.0206. The molecule has 0 atom stereocenters. The predicted octanol–water partition coefficient (Wildman–Crippen LogP) is 8.84. The van der Waals surface area contributed by atoms with Gasteiger partial charge in [0.05, 0.1) is 258 Å². The highest BCUT2D eigenvalue weighted by molar-refractivity contribution is 5.93. The van der Waals surface area contributed by atoms with Crippen LogP contribution in [0.3, 0.4) is 0 Å². The molecule has 2 aromatic rings. The molecule has 5 N–H and O–H groups in total. The first kappa shape index (κ1) is 137. The third-order valence-corrected chi connectivity index (χ3v) is 20.6. The number of esters is 8. The monoisotopic (exact) mass is 1990 g/mol. The Bertz CT molecular complexity index is 3870. The lowest BCUT2D eigenvalue weighted by Crippen LogP contribution is -3.06. The fourth-order valence-corrected chi connectivity index (χ4v) is 13.2. The van der Waals surface area contributed by atoms with E-state index in [1.807, 2.05) is 95.7 Å². The van der Waals surface area contributed by atoms with Crippen molar-refractivity contribution >= 4 is 71.4 Å². The lowest BCUT2D eigenvalue weighted by Gasteiger charge is -2.55. The summed E-state index contributed by atoms with van der Waals surface area (Å²) in [6, 6.07) is 17.6. The first-order valence-electron chi connectivity index (χ1n) is 49.2. The Morgan fingerprint density at radius 1 is 0.379 bits per heavy atom. The zero-order valence-corrected chi connectivity index (χ0v) is 93.3. The Hall–Kier alpha value is -9.58. The van der Waals surface area contributed by atoms with Crippen molar-refractivity contribution in [2.45, 2.75) is 131 Å². The minimum atomic E-state index is -0.530. The van der Waals surface area contributed by atoms with Crippen LogP contribution in [0.1, 0.15) is 152 Å². The van der Waals surface area contributed by atoms with Crippen molar-refractivity contribution in [2.24, 2.45) is 34.5 Å². The fourth-order valence-electron chi connectivity index (χ4n) is 13.2. The largest absolute Gasteiger partial charge is 0.462 e. The smallest absolute Gasteiger partial charge is 0.344 e. The number of nitrogens with zero attached hydrogens (tertiary/aromatic N) is 8. The maximum Gasteiger partial charge on any atom is 0.344 e. The van der Waals surface area contributed by atoms with E-state index in [4.69, 9.17) is 37.9 Å². The summed E-state index contributed by atoms with van der Waals surface area (Å²) in [5.74, 6) is -1.13. The molecule has 0 radical (unpaired) electrons. The summed E-state index contributed by atoms with van der Waals surface area (Å²) in [4.78, 5) is 137. The van der Waals surface area contributed by atoms with Gasteiger partial charge < -0.3 is 99.9 Å². The molecule has 7 rings (SSSR count). The standard InChI is InChI=1S/C18H30NO4.C14H26NO4.C14H20NO4.C11H15NO2.C10H20N2O.2C9H18N2O.C9H18NO2.C8H16N2O.C5H12/c1-19(2,3)4-5-22-16(20)12-23-17(21)18-9-13-6-14(10-18)8-15(7-13)11-18;2*1-15(2,3)9-10-18-13(16)11-19-14(17)12-7-5-4-6-8-12;1-12(2)8-9-14-11(13)10-6-4-3-5-7-10;1-9(2)10(13)11-7-6-8-12(3,4)5;1-8(2)9(12)10-6-7-11(3,4)5;1-5-9(12)10-7-6-8-11(2,3)4;1-5-9(11)12-8-6-7-10(2,3)4;1-5-8(11)9-6-7-10(2,3)4;1-5(2,3)4/h13-15H,4-12H2,1-3H3;12H,4-11H2,1-3H3;4-8H,9-11H2,1-3H3;3-7H,8-9H2,1-2H3;1,6-8H2,2-5H3;1,6-7H2,2-5H3;2*5H,1,6-8H2,2-4H3;5H,1,6-7H2,2-4H3;1-4H3/q3*+1;;;;;+1;;/p+5. The van der Waals surface area contributed by atoms with Gasteiger partial charge in [-0.1, -0.05) is 116 Å². The van der Waals surface area contributed by atoms with Gasteiger partial charge in [0.25, 0.3) is 0 Å². The second-order valence-corrected chi connectivity index (χ2v) is 46.4. The summed E-state index contributed by atoms with van der Waals surface area (Å²) in [6.07, 6.45) is 18.6. The molecule has 4 bridgehead atoms. The van der Waals surface area contributed by atoms with Crippen LogP contribution in [0.25, 0.3) is 0 Å². The van der Waals surface area contributed by atoms with Crippen molar-refractivity contribution in [1.82, 2.24) is 21.3 Å². The number of hydrogen-bond acceptors (Lipinski definition) is 20. The number of amides is 4. The van der Waals surface area contributed by atoms with Crippen LogP contribution in [-0.2, 0) is 85.8 Å². The highest BCUT2D eigenvalue weighted by Crippen LogP contribution is 2.60. The molecule has 4 amide bonds. The number of carbonyl (C=O) groups is 12. The average molecular weight is 1990 g/mol. The van der Waals surface area contributed by atoms with E-state index in [2.05, 4.69) is 188 Å². The summed E-state index contributed by atoms with van der Waals surface area (Å²) < 4.78 is 46.9. The molecule has 33 heteroatoms. The van der Waals surface area contributed by atoms with Gasteiger partial charge in [-0.05, 0) is 125 Å². The van der Waals surface area contributed by atoms with Crippen LogP contribution >= 0.6 is 0 Å². The van der Waals surface area contributed by atoms with Gasteiger partial charge in [0.1, 0.15) is 52.6 Å². The van der Waals surface area contributed by atoms with E-state index in [1.165, 1.54) is 48.8 Å². The molecule has 5 aliphatic carbocycles. The number of likely N-dealkylation sites (N-methyl/N-ethyl adjacent to an activating group) is 6. The van der Waals surface area contributed by atoms with Gasteiger partial charge in [-0.25, -0.2) is 28.8 Å². The second kappa shape index (κ2) is 71.0. The lowest BCUT2D eigenvalue weighted by atomic mass is 9.49. The predicted molar refractivity (Wildman–Crippen MR) is 558 cm³/mol. The molecule has 0 aliphatic heterocycles. The molecular formula is C107H198N13O20+9. The molecule has 0 heterocycles. The Labute approximate surface area is 845 Å². The number of nitrogens with one attached hydrogen (secondary N) is 5. The Kier molecular flexibility index (Phi) is 69.3. The van der Waals surface area contributed by atoms with E-state index in [-0.39, 0.29) is 78.7 Å². The lowest BCUT2D eigenvalue weighted by molar-refractivity contribution is -0.870. The van der Waals surface area contributed by atoms with Crippen LogP contribution in [0.4, 0.5) is 0 Å². The van der Waals surface area contributed by atoms with Gasteiger partial charge in [0, 0.05) is 49.6 Å². The van der Waals surface area contributed by atoms with Crippen molar-refractivity contribution in [3.05, 3.63) is 134 Å². The molecular weight excluding hydrogens is 1790 g/mol. The molecule has 5 aliphatic rings. The topological polar surface area (TPSA) is 331 Å². The summed E-state index contributed by atoms with van der Waals surface area (Å²) in [5, 5.41) is 11.0. The van der Waals surface area contributed by atoms with Crippen LogP contribution < -0.4 is 26.2 Å². The normalized spacial score (nSPS) is 15.7. The van der Waals surface area contributed by atoms with Crippen LogP contribution in [0.5, 0.6) is 0 Å². The number of benzene rings is 2. The first-order valence-corrected chi connectivity index (χ1v) is 49.2. The maximum atomic E-state index is 12.6. The van der Waals surface area contributed by atoms with Crippen molar-refractivity contribution in [2.75, 3.05) is 321 Å². The number of ether oxygens (including phenoxy) is 8. The van der Waals surface area contributed by atoms with E-state index in [0.29, 0.717) is 103 Å². The molecule has 0 unspecified atom stereocenters. The fraction of sp³-hybridized carbons (Fsp3) is 0.682. The van der Waals surface area contributed by atoms with Crippen LogP contribution in [-0.4, -0.2) is 428 Å². The summed E-state index contributed by atoms with van der Waals surface area (Å²) in [7, 11) is 53.9. The molecule has 5 saturated carbocycles. The average Bonchev–Trinajstić information content (AvgIpc) is 0.740. The van der Waals surface area contributed by atoms with Crippen molar-refractivity contribution in [3.8, 4) is 0 Å². The van der Waals surface area contributed by atoms with Gasteiger partial charge in [0.15, 0.2) is 19.8 Å². The van der Waals surface area contributed by atoms with Crippen LogP contribution in [0.2, 0.25) is 0 Å². The first-order chi connectivity index (χ1) is 64.2. The number of carbonyl (C=O) groups excluding carboxylic acids is 12. The SMILES string of the molecule is C=C(C)C(=O)NCCC[N+](C)(C)C.C=C(C)C(=O)NCC[N+](C)(C)C.C=CC(=O)NCCC[N+](C)(C)C.C=CC(=O)NCC[N+](C)(C)C.C=CC(=O)OCCC[N+](C)(C)C.CC(C)(C)C.C[N+](C)(C)CCOC(=O)COC(=O)C12CC3CC(CC(C3)C1)C2.C[N+](C)(C)CCOC(=O)COC(=O)C1CCCCC1.C[N+](C)(C)CCOC(=O)COC(=O)c1ccccc1.C[NH+](C)CCOC(=O)c1ccccc1. The van der Waals surface area contributed by atoms with Gasteiger partial charge in [0.2, 0.25) is 23.6 Å². The van der Waals surface area contributed by atoms with Gasteiger partial charge in [-0.3, -0.25) is 28.8 Å². The molecule has 5 fully saturated rings. The maximum absolute atomic E-state index is 12.6. The summed E-state index contributed by atoms with van der Waals surface area (Å²) in [5.41, 5.74) is 2.38. The third-order valence-electron chi connectivity index (χ3n) is 20.6. The molecule has 0 saturated heterocycles. The quantitative estimate of drug-likeness (QED) is 0.0136. The van der Waals surface area contributed by atoms with Crippen molar-refractivity contribution in [3.63, 3.8) is 0 Å². The Morgan fingerprint density at radius 2 is 0.693 bits per heavy atom. The number of rotatable bonds is 45. The van der Waals surface area contributed by atoms with Gasteiger partial charge in [-0.15, -0.1) is 0 Å². The van der Waals surface area contributed by atoms with Crippen LogP contribution in [0.15, 0.2) is 123 Å². The molecule has 802 valence electrons. The van der Waals surface area contributed by atoms with Crippen molar-refractivity contribution in [1.29, 1.82) is 0 Å². The van der Waals surface area contributed by atoms with E-state index >= 15 is 0 Å². The molecule has 140 heavy (non-hydrogen) atoms. The Morgan fingerprint density at radius 3 is 1.03 bits per heavy atom. The molecule has 33 nitrogen and oxygen atoms in total. The highest BCUT2D eigenvalue weighted by atomic mass is 16.6. The minimum Gasteiger partial charge on any atom is -0.462 e. The zero-order chi connectivity index (χ0) is 109. The van der Waals surface area contributed by atoms with E-state index in [9.17, 15) is 57.5 Å². The third kappa shape index (κ3) is 88.6. The van der Waals surface area contributed by atoms with Crippen molar-refractivity contribution < 1.29 is 136 Å². The summed E-state index contributed by atoms with van der Waals surface area (Å²) >= 11 is 0. The second-order valence-electron chi connectivity index (χ2n) is 46.4. The van der Waals surface area contributed by atoms with Gasteiger partial charge >= 0.3 is 47.8 Å². The molecule has 0 aromatic heterocycles. The number of hydrogen-bond donors (Lipinski definition) is 5. The molecule has 2 aromatic carbocycles.